The van der Waals surface area contributed by atoms with Gasteiger partial charge in [-0.15, -0.1) is 0 Å². The molecule has 0 spiro atoms. The van der Waals surface area contributed by atoms with Gasteiger partial charge in [0.25, 0.3) is 0 Å². The van der Waals surface area contributed by atoms with Crippen LogP contribution in [0.1, 0.15) is 26.3 Å². The molecule has 0 bridgehead atoms. The first-order valence-electron chi connectivity index (χ1n) is 10.1. The van der Waals surface area contributed by atoms with Crippen LogP contribution < -0.4 is 9.62 Å². The first-order chi connectivity index (χ1) is 15.3. The fraction of sp³-hybridized carbons (Fsp3) is 0.364. The maximum absolute atomic E-state index is 13.5. The van der Waals surface area contributed by atoms with Crippen molar-refractivity contribution in [1.29, 1.82) is 0 Å². The molecule has 2 aromatic rings. The Morgan fingerprint density at radius 1 is 1.09 bits per heavy atom. The van der Waals surface area contributed by atoms with Crippen molar-refractivity contribution in [1.82, 2.24) is 10.2 Å². The second kappa shape index (κ2) is 11.6. The van der Waals surface area contributed by atoms with E-state index in [2.05, 4.69) is 21.2 Å². The first kappa shape index (κ1) is 27.4. The quantitative estimate of drug-likeness (QED) is 0.476. The molecular weight excluding hydrogens is 553 g/mol. The van der Waals surface area contributed by atoms with Crippen molar-refractivity contribution in [3.8, 4) is 0 Å². The number of sulfonamides is 1. The summed E-state index contributed by atoms with van der Waals surface area (Å²) in [4.78, 5) is 27.5. The number of hydrogen-bond donors (Lipinski definition) is 1. The lowest BCUT2D eigenvalue weighted by atomic mass is 10.1. The molecule has 0 saturated heterocycles. The number of benzene rings is 2. The van der Waals surface area contributed by atoms with Crippen LogP contribution in [0.3, 0.4) is 0 Å². The number of rotatable bonds is 9. The monoisotopic (exact) mass is 577 g/mol. The summed E-state index contributed by atoms with van der Waals surface area (Å²) >= 11 is 15.6. The van der Waals surface area contributed by atoms with Gasteiger partial charge < -0.3 is 10.2 Å². The zero-order valence-corrected chi connectivity index (χ0v) is 22.6. The molecule has 11 heteroatoms. The highest BCUT2D eigenvalue weighted by Gasteiger charge is 2.31. The summed E-state index contributed by atoms with van der Waals surface area (Å²) in [5.41, 5.74) is 0.891. The van der Waals surface area contributed by atoms with Crippen LogP contribution in [0.5, 0.6) is 0 Å². The molecule has 0 aliphatic carbocycles. The number of halogens is 3. The number of anilines is 1. The molecule has 0 unspecified atom stereocenters. The van der Waals surface area contributed by atoms with Gasteiger partial charge in [-0.25, -0.2) is 8.42 Å². The van der Waals surface area contributed by atoms with Gasteiger partial charge in [-0.3, -0.25) is 13.9 Å². The van der Waals surface area contributed by atoms with Crippen LogP contribution in [0.4, 0.5) is 5.69 Å². The predicted molar refractivity (Wildman–Crippen MR) is 136 cm³/mol. The molecule has 1 N–H and O–H groups in total. The summed E-state index contributed by atoms with van der Waals surface area (Å²) < 4.78 is 26.6. The lowest BCUT2D eigenvalue weighted by molar-refractivity contribution is -0.139. The number of nitrogens with one attached hydrogen (secondary N) is 1. The van der Waals surface area contributed by atoms with E-state index in [1.165, 1.54) is 4.90 Å². The van der Waals surface area contributed by atoms with Gasteiger partial charge in [-0.1, -0.05) is 41.4 Å². The number of hydrogen-bond acceptors (Lipinski definition) is 4. The van der Waals surface area contributed by atoms with Gasteiger partial charge in [0.15, 0.2) is 0 Å². The highest BCUT2D eigenvalue weighted by molar-refractivity contribution is 9.10. The van der Waals surface area contributed by atoms with E-state index in [0.29, 0.717) is 25.8 Å². The third-order valence-electron chi connectivity index (χ3n) is 4.75. The van der Waals surface area contributed by atoms with Crippen molar-refractivity contribution in [2.45, 2.75) is 39.4 Å². The Hall–Kier alpha value is -1.81. The molecule has 7 nitrogen and oxygen atoms in total. The van der Waals surface area contributed by atoms with Crippen LogP contribution in [0, 0.1) is 0 Å². The fourth-order valence-electron chi connectivity index (χ4n) is 3.07. The van der Waals surface area contributed by atoms with Crippen molar-refractivity contribution in [2.75, 3.05) is 17.1 Å². The van der Waals surface area contributed by atoms with Crippen LogP contribution in [0.15, 0.2) is 46.9 Å². The Bertz CT molecular complexity index is 1130. The normalized spacial score (nSPS) is 12.4. The van der Waals surface area contributed by atoms with Gasteiger partial charge in [-0.2, -0.15) is 0 Å². The Morgan fingerprint density at radius 3 is 2.27 bits per heavy atom. The molecule has 1 atom stereocenters. The van der Waals surface area contributed by atoms with Crippen LogP contribution >= 0.6 is 39.1 Å². The first-order valence-corrected chi connectivity index (χ1v) is 13.5. The lowest BCUT2D eigenvalue weighted by Gasteiger charge is -2.32. The third-order valence-corrected chi connectivity index (χ3v) is 7.14. The maximum atomic E-state index is 13.5. The zero-order chi connectivity index (χ0) is 24.9. The Morgan fingerprint density at radius 2 is 1.73 bits per heavy atom. The topological polar surface area (TPSA) is 86.8 Å². The molecule has 2 rings (SSSR count). The van der Waals surface area contributed by atoms with Crippen molar-refractivity contribution >= 4 is 66.7 Å². The molecule has 33 heavy (non-hydrogen) atoms. The number of carbonyl (C=O) groups excluding carboxylic acids is 2. The summed E-state index contributed by atoms with van der Waals surface area (Å²) in [5, 5.41) is 3.56. The minimum absolute atomic E-state index is 0.00488. The highest BCUT2D eigenvalue weighted by atomic mass is 79.9. The second-order valence-electron chi connectivity index (χ2n) is 7.82. The van der Waals surface area contributed by atoms with Crippen LogP contribution in [0.2, 0.25) is 10.0 Å². The second-order valence-corrected chi connectivity index (χ2v) is 11.4. The molecule has 180 valence electrons. The largest absolute Gasteiger partial charge is 0.352 e. The molecule has 0 aliphatic rings. The zero-order valence-electron chi connectivity index (χ0n) is 18.7. The average Bonchev–Trinajstić information content (AvgIpc) is 2.70. The number of carbonyl (C=O) groups is 2. The smallest absolute Gasteiger partial charge is 0.244 e. The number of amides is 2. The van der Waals surface area contributed by atoms with E-state index in [9.17, 15) is 18.0 Å². The van der Waals surface area contributed by atoms with E-state index in [-0.39, 0.29) is 18.5 Å². The molecule has 0 saturated carbocycles. The van der Waals surface area contributed by atoms with Gasteiger partial charge in [0.2, 0.25) is 21.8 Å². The van der Waals surface area contributed by atoms with Crippen molar-refractivity contribution in [2.24, 2.45) is 0 Å². The predicted octanol–water partition coefficient (Wildman–Crippen LogP) is 4.46. The van der Waals surface area contributed by atoms with Gasteiger partial charge in [0, 0.05) is 27.1 Å². The van der Waals surface area contributed by atoms with Gasteiger partial charge in [0.1, 0.15) is 12.6 Å². The van der Waals surface area contributed by atoms with E-state index in [4.69, 9.17) is 23.2 Å². The summed E-state index contributed by atoms with van der Waals surface area (Å²) in [6.07, 6.45) is 1.02. The van der Waals surface area contributed by atoms with Crippen molar-refractivity contribution in [3.63, 3.8) is 0 Å². The molecule has 2 amide bonds. The standard InChI is InChI=1S/C22H26BrCl2N3O4S/c1-14(2)26-22(30)15(3)27(12-16-9-10-17(24)11-19(16)25)21(29)13-28(33(4,31)32)20-8-6-5-7-18(20)23/h5-11,14-15H,12-13H2,1-4H3,(H,26,30)/t15-/m1/s1. The summed E-state index contributed by atoms with van der Waals surface area (Å²) in [6, 6.07) is 10.5. The summed E-state index contributed by atoms with van der Waals surface area (Å²) in [7, 11) is -3.81. The molecule has 0 heterocycles. The Labute approximate surface area is 213 Å². The number of nitrogens with zero attached hydrogens (tertiary/aromatic N) is 2. The SMILES string of the molecule is CC(C)NC(=O)[C@@H](C)N(Cc1ccc(Cl)cc1Cl)C(=O)CN(c1ccccc1Br)S(C)(=O)=O. The third kappa shape index (κ3) is 7.60. The summed E-state index contributed by atoms with van der Waals surface area (Å²) in [6.45, 7) is 4.71. The van der Waals surface area contributed by atoms with Gasteiger partial charge in [0.05, 0.1) is 11.9 Å². The minimum atomic E-state index is -3.81. The maximum Gasteiger partial charge on any atom is 0.244 e. The van der Waals surface area contributed by atoms with Crippen molar-refractivity contribution in [3.05, 3.63) is 62.5 Å². The van der Waals surface area contributed by atoms with Crippen LogP contribution in [-0.4, -0.2) is 50.0 Å². The molecule has 0 fully saturated rings. The summed E-state index contributed by atoms with van der Waals surface area (Å²) in [5.74, 6) is -0.927. The molecule has 2 aromatic carbocycles. The van der Waals surface area contributed by atoms with Crippen molar-refractivity contribution < 1.29 is 18.0 Å². The van der Waals surface area contributed by atoms with E-state index >= 15 is 0 Å². The molecule has 0 aromatic heterocycles. The molecular formula is C22H26BrCl2N3O4S. The number of para-hydroxylation sites is 1. The molecule has 0 aliphatic heterocycles. The highest BCUT2D eigenvalue weighted by Crippen LogP contribution is 2.28. The van der Waals surface area contributed by atoms with E-state index < -0.39 is 28.5 Å². The Kier molecular flexibility index (Phi) is 9.60. The Balaban J connectivity index is 2.44. The average molecular weight is 579 g/mol. The van der Waals surface area contributed by atoms with Crippen LogP contribution in [-0.2, 0) is 26.2 Å². The molecule has 0 radical (unpaired) electrons. The fourth-order valence-corrected chi connectivity index (χ4v) is 5.02. The van der Waals surface area contributed by atoms with E-state index in [1.54, 1.807) is 49.4 Å². The van der Waals surface area contributed by atoms with Gasteiger partial charge >= 0.3 is 0 Å². The van der Waals surface area contributed by atoms with Crippen LogP contribution in [0.25, 0.3) is 0 Å². The van der Waals surface area contributed by atoms with E-state index in [0.717, 1.165) is 10.6 Å². The minimum Gasteiger partial charge on any atom is -0.352 e. The lowest BCUT2D eigenvalue weighted by Crippen LogP contribution is -2.52. The van der Waals surface area contributed by atoms with E-state index in [1.807, 2.05) is 13.8 Å². The van der Waals surface area contributed by atoms with Gasteiger partial charge in [-0.05, 0) is 66.5 Å².